The summed E-state index contributed by atoms with van der Waals surface area (Å²) in [5.41, 5.74) is 19.2. The third-order valence-electron chi connectivity index (χ3n) is 16.4. The lowest BCUT2D eigenvalue weighted by Crippen LogP contribution is -2.61. The van der Waals surface area contributed by atoms with E-state index in [1.165, 1.54) is 11.0 Å². The lowest BCUT2D eigenvalue weighted by molar-refractivity contribution is -0.141. The van der Waals surface area contributed by atoms with E-state index in [1.54, 1.807) is 131 Å². The molecule has 1 saturated heterocycles. The van der Waals surface area contributed by atoms with Gasteiger partial charge < -0.3 is 80.2 Å². The third-order valence-corrected chi connectivity index (χ3v) is 16.4. The van der Waals surface area contributed by atoms with E-state index in [-0.39, 0.29) is 93.3 Å². The van der Waals surface area contributed by atoms with Crippen molar-refractivity contribution in [2.75, 3.05) is 31.6 Å². The monoisotopic (exact) mass is 1320 g/mol. The summed E-state index contributed by atoms with van der Waals surface area (Å²) in [6, 6.07) is 17.0. The fraction of sp³-hybridized carbons (Fsp3) is 0.449. The number of aliphatic carboxylic acids is 1. The fourth-order valence-electron chi connectivity index (χ4n) is 11.0. The first-order valence-corrected chi connectivity index (χ1v) is 32.4. The number of carboxylic acids is 1. The van der Waals surface area contributed by atoms with Crippen molar-refractivity contribution in [2.45, 2.75) is 159 Å². The number of guanidine groups is 1. The van der Waals surface area contributed by atoms with Crippen LogP contribution in [-0.2, 0) is 60.8 Å². The third kappa shape index (κ3) is 23.1. The van der Waals surface area contributed by atoms with E-state index < -0.39 is 138 Å². The Morgan fingerprint density at radius 3 is 1.73 bits per heavy atom. The molecule has 10 amide bonds. The molecule has 2 heterocycles. The van der Waals surface area contributed by atoms with Gasteiger partial charge in [-0.3, -0.25) is 57.7 Å². The lowest BCUT2D eigenvalue weighted by atomic mass is 9.96. The van der Waals surface area contributed by atoms with Crippen molar-refractivity contribution >= 4 is 76.7 Å². The van der Waals surface area contributed by atoms with E-state index in [0.29, 0.717) is 42.4 Å². The minimum absolute atomic E-state index is 0.00344. The summed E-state index contributed by atoms with van der Waals surface area (Å²) >= 11 is 0. The Hall–Kier alpha value is -10.2. The highest BCUT2D eigenvalue weighted by Gasteiger charge is 2.40. The molecule has 4 aromatic rings. The summed E-state index contributed by atoms with van der Waals surface area (Å²) in [7, 11) is 0. The first-order chi connectivity index (χ1) is 46.0. The predicted octanol–water partition coefficient (Wildman–Crippen LogP) is 0.749. The molecule has 4 unspecified atom stereocenters. The molecule has 2 bridgehead atoms. The summed E-state index contributed by atoms with van der Waals surface area (Å²) in [5, 5.41) is 44.8. The van der Waals surface area contributed by atoms with Gasteiger partial charge in [0.25, 0.3) is 5.91 Å². The van der Waals surface area contributed by atoms with Crippen molar-refractivity contribution < 1.29 is 63.0 Å². The summed E-state index contributed by atoms with van der Waals surface area (Å²) in [6.45, 7) is 6.50. The number of aliphatic hydroxyl groups excluding tert-OH is 1. The van der Waals surface area contributed by atoms with Gasteiger partial charge in [-0.15, -0.1) is 0 Å². The summed E-state index contributed by atoms with van der Waals surface area (Å²) in [6.07, 6.45) is 0.379. The molecule has 1 fully saturated rings. The Labute approximate surface area is 558 Å². The smallest absolute Gasteiger partial charge is 0.305 e. The molecule has 27 heteroatoms. The zero-order chi connectivity index (χ0) is 69.8. The second-order valence-electron chi connectivity index (χ2n) is 24.3. The van der Waals surface area contributed by atoms with Gasteiger partial charge in [-0.2, -0.15) is 0 Å². The second-order valence-corrected chi connectivity index (χ2v) is 24.3. The number of carbonyl (C=O) groups excluding carboxylic acids is 10. The molecule has 0 saturated carbocycles. The van der Waals surface area contributed by atoms with Crippen molar-refractivity contribution in [3.05, 3.63) is 137 Å². The lowest BCUT2D eigenvalue weighted by Gasteiger charge is -2.30. The number of nitrogens with two attached hydrogens (primary N) is 3. The van der Waals surface area contributed by atoms with Gasteiger partial charge in [-0.25, -0.2) is 0 Å². The van der Waals surface area contributed by atoms with Gasteiger partial charge in [-0.1, -0.05) is 125 Å². The number of nitrogens with one attached hydrogen (secondary N) is 9. The number of anilines is 1. The maximum atomic E-state index is 14.9. The molecule has 4 aromatic carbocycles. The standard InChI is InChI=1S/C69H90N14O13/c1-5-42(4)58-67(95)76-50(28-17-33-73-69(71)72)59(87)75-49(27-14-15-32-70)60(88)81-55(40-84)65(93)74-47-25-16-23-45(36-47)30-31-46-24-12-13-26-48(46)68(96)83-34-18-29-56(83)66(94)80-52(37-43-19-8-6-9-20-43)62(90)79-54(39-57(85)86)63(91)77-51(35-41(2)3)61(89)78-53(64(92)82-58)38-44-21-10-7-11-22-44/h6-13,16,19-26,36,41-42,49-56,58,84H,5,14-15,17-18,27-29,32-35,37-40,70H2,1-4H3,(H,74,93)(H,75,87)(H,76,95)(H,77,91)(H,78,89)(H,79,90)(H,80,94)(H,81,88)(H,82,92)(H,85,86)(H4,71,72,73)/t42-,49-,50?,51?,52?,53-,54-,55?,56-,58-/m0/s1. The number of hydrogen-bond acceptors (Lipinski definition) is 14. The molecule has 2 aliphatic rings. The minimum Gasteiger partial charge on any atom is -0.481 e. The number of carboxylic acid groups (broad SMARTS) is 1. The molecular weight excluding hydrogens is 1230 g/mol. The van der Waals surface area contributed by atoms with Crippen LogP contribution in [0.2, 0.25) is 0 Å². The molecule has 0 aromatic heterocycles. The van der Waals surface area contributed by atoms with E-state index in [2.05, 4.69) is 64.7 Å². The van der Waals surface area contributed by atoms with Crippen molar-refractivity contribution in [1.82, 2.24) is 47.4 Å². The van der Waals surface area contributed by atoms with Crippen molar-refractivity contribution in [3.63, 3.8) is 0 Å². The first-order valence-electron chi connectivity index (χ1n) is 32.4. The Balaban J connectivity index is 1.43. The SMILES string of the molecule is CC[C@H](C)[C@@H]1NC(=O)[C@H](Cc2ccccc2)NC(=O)C(CC(C)C)NC(=O)[C@H](CC(=O)O)NC(=O)C(Cc2ccccc2)NC(=O)[C@@H]2CCCN2C(=O)c2ccccc2C#Cc2cccc(c2)NC(=O)C(CO)NC(=O)[C@H](CCCCN)NC(=O)C(CCCN=C(N)N)NC1=O. The summed E-state index contributed by atoms with van der Waals surface area (Å²) < 4.78 is 0. The van der Waals surface area contributed by atoms with Crippen LogP contribution in [0.25, 0.3) is 0 Å². The van der Waals surface area contributed by atoms with Gasteiger partial charge in [0.1, 0.15) is 54.4 Å². The van der Waals surface area contributed by atoms with Crippen LogP contribution in [0.5, 0.6) is 0 Å². The highest BCUT2D eigenvalue weighted by Crippen LogP contribution is 2.24. The maximum Gasteiger partial charge on any atom is 0.305 e. The number of benzene rings is 4. The van der Waals surface area contributed by atoms with Crippen LogP contribution in [-0.4, -0.2) is 167 Å². The number of hydrogen-bond donors (Lipinski definition) is 14. The van der Waals surface area contributed by atoms with E-state index in [9.17, 15) is 63.0 Å². The first kappa shape index (κ1) is 74.8. The molecule has 0 aliphatic carbocycles. The minimum atomic E-state index is -1.83. The second kappa shape index (κ2) is 37.6. The van der Waals surface area contributed by atoms with E-state index >= 15 is 0 Å². The van der Waals surface area contributed by atoms with Gasteiger partial charge in [0.15, 0.2) is 5.96 Å². The Morgan fingerprint density at radius 2 is 1.12 bits per heavy atom. The Bertz CT molecular complexity index is 3470. The van der Waals surface area contributed by atoms with Crippen LogP contribution in [0.4, 0.5) is 5.69 Å². The molecule has 0 radical (unpaired) electrons. The van der Waals surface area contributed by atoms with Crippen LogP contribution >= 0.6 is 0 Å². The van der Waals surface area contributed by atoms with Gasteiger partial charge >= 0.3 is 5.97 Å². The molecule has 2 aliphatic heterocycles. The molecule has 10 atom stereocenters. The van der Waals surface area contributed by atoms with Crippen molar-refractivity contribution in [2.24, 2.45) is 34.0 Å². The number of amides is 10. The van der Waals surface area contributed by atoms with Crippen LogP contribution in [0.3, 0.4) is 0 Å². The molecule has 6 rings (SSSR count). The van der Waals surface area contributed by atoms with Crippen molar-refractivity contribution in [3.8, 4) is 11.8 Å². The average molecular weight is 1320 g/mol. The summed E-state index contributed by atoms with van der Waals surface area (Å²) in [5.74, 6) is -5.03. The largest absolute Gasteiger partial charge is 0.481 e. The molecule has 17 N–H and O–H groups in total. The molecule has 0 spiro atoms. The van der Waals surface area contributed by atoms with E-state index in [1.807, 2.05) is 0 Å². The number of aliphatic imine (C=N–C) groups is 1. The normalized spacial score (nSPS) is 22.7. The topological polar surface area (TPSA) is 430 Å². The van der Waals surface area contributed by atoms with Gasteiger partial charge in [-0.05, 0) is 111 Å². The number of carbonyl (C=O) groups is 11. The zero-order valence-corrected chi connectivity index (χ0v) is 54.6. The quantitative estimate of drug-likeness (QED) is 0.0267. The number of nitrogens with zero attached hydrogens (tertiary/aromatic N) is 2. The molecule has 514 valence electrons. The van der Waals surface area contributed by atoms with E-state index in [4.69, 9.17) is 17.2 Å². The van der Waals surface area contributed by atoms with E-state index in [0.717, 1.165) is 0 Å². The average Bonchev–Trinajstić information content (AvgIpc) is 1.56. The van der Waals surface area contributed by atoms with Crippen molar-refractivity contribution in [1.29, 1.82) is 0 Å². The Kier molecular flexibility index (Phi) is 29.3. The van der Waals surface area contributed by atoms with Crippen LogP contribution < -0.4 is 65.1 Å². The number of aliphatic hydroxyl groups is 1. The molecule has 27 nitrogen and oxygen atoms in total. The van der Waals surface area contributed by atoms with Crippen LogP contribution in [0, 0.1) is 23.7 Å². The Morgan fingerprint density at radius 1 is 0.594 bits per heavy atom. The molecule has 96 heavy (non-hydrogen) atoms. The summed E-state index contributed by atoms with van der Waals surface area (Å²) in [4.78, 5) is 163. The fourth-order valence-corrected chi connectivity index (χ4v) is 11.0. The predicted molar refractivity (Wildman–Crippen MR) is 358 cm³/mol. The van der Waals surface area contributed by atoms with Gasteiger partial charge in [0, 0.05) is 42.7 Å². The number of rotatable bonds is 19. The number of fused-ring (bicyclic) bond motifs is 4. The van der Waals surface area contributed by atoms with Crippen LogP contribution in [0.1, 0.15) is 125 Å². The van der Waals surface area contributed by atoms with Gasteiger partial charge in [0.05, 0.1) is 18.6 Å². The highest BCUT2D eigenvalue weighted by atomic mass is 16.4. The molecular formula is C69H90N14O13. The maximum absolute atomic E-state index is 14.9. The van der Waals surface area contributed by atoms with Crippen LogP contribution in [0.15, 0.2) is 114 Å². The highest BCUT2D eigenvalue weighted by molar-refractivity contribution is 6.02. The van der Waals surface area contributed by atoms with Gasteiger partial charge in [0.2, 0.25) is 53.2 Å². The number of unbranched alkanes of at least 4 members (excludes halogenated alkanes) is 1. The zero-order valence-electron chi connectivity index (χ0n) is 54.6.